The lowest BCUT2D eigenvalue weighted by molar-refractivity contribution is 0.321. The summed E-state index contributed by atoms with van der Waals surface area (Å²) in [5.41, 5.74) is 0. The smallest absolute Gasteiger partial charge is 0.156 e. The Morgan fingerprint density at radius 2 is 2.17 bits per heavy atom. The summed E-state index contributed by atoms with van der Waals surface area (Å²) in [4.78, 5) is 0. The van der Waals surface area contributed by atoms with Gasteiger partial charge >= 0.3 is 0 Å². The molecule has 2 aromatic rings. The van der Waals surface area contributed by atoms with Crippen LogP contribution in [0.1, 0.15) is 5.76 Å². The predicted molar refractivity (Wildman–Crippen MR) is 45.6 cm³/mol. The summed E-state index contributed by atoms with van der Waals surface area (Å²) in [5, 5.41) is 13.2. The van der Waals surface area contributed by atoms with E-state index < -0.39 is 0 Å². The van der Waals surface area contributed by atoms with Crippen molar-refractivity contribution in [2.45, 2.75) is 0 Å². The minimum absolute atomic E-state index is 0.577. The first kappa shape index (κ1) is 6.91. The van der Waals surface area contributed by atoms with Crippen LogP contribution in [-0.4, -0.2) is 11.4 Å². The summed E-state index contributed by atoms with van der Waals surface area (Å²) in [6, 6.07) is 7.69. The van der Waals surface area contributed by atoms with E-state index >= 15 is 0 Å². The lowest BCUT2D eigenvalue weighted by Gasteiger charge is -1.85. The van der Waals surface area contributed by atoms with E-state index in [1.54, 1.807) is 6.26 Å². The summed E-state index contributed by atoms with van der Waals surface area (Å²) in [6.07, 6.45) is 2.91. The van der Waals surface area contributed by atoms with Crippen molar-refractivity contribution in [1.82, 2.24) is 0 Å². The van der Waals surface area contributed by atoms with Gasteiger partial charge < -0.3 is 9.62 Å². The highest BCUT2D eigenvalue weighted by Crippen LogP contribution is 2.18. The highest BCUT2D eigenvalue weighted by Gasteiger charge is 2.01. The molecule has 0 aliphatic heterocycles. The van der Waals surface area contributed by atoms with Gasteiger partial charge in [0.2, 0.25) is 0 Å². The van der Waals surface area contributed by atoms with E-state index in [-0.39, 0.29) is 0 Å². The molecule has 1 N–H and O–H groups in total. The van der Waals surface area contributed by atoms with Gasteiger partial charge in [0.05, 0.1) is 6.26 Å². The van der Waals surface area contributed by atoms with Crippen LogP contribution in [0.15, 0.2) is 40.1 Å². The van der Waals surface area contributed by atoms with E-state index in [0.29, 0.717) is 5.76 Å². The summed E-state index contributed by atoms with van der Waals surface area (Å²) in [7, 11) is 0. The van der Waals surface area contributed by atoms with Crippen LogP contribution >= 0.6 is 0 Å². The maximum absolute atomic E-state index is 8.31. The van der Waals surface area contributed by atoms with Gasteiger partial charge in [-0.3, -0.25) is 0 Å². The Bertz CT molecular complexity index is 417. The van der Waals surface area contributed by atoms with Gasteiger partial charge in [-0.15, -0.1) is 0 Å². The fourth-order valence-corrected chi connectivity index (χ4v) is 1.17. The molecule has 0 saturated heterocycles. The summed E-state index contributed by atoms with van der Waals surface area (Å²) in [5.74, 6) is 0.577. The molecule has 0 aliphatic rings. The number of hydrogen-bond donors (Lipinski definition) is 1. The average molecular weight is 161 g/mol. The minimum atomic E-state index is 0.577. The fourth-order valence-electron chi connectivity index (χ4n) is 1.17. The molecule has 0 atom stereocenters. The Morgan fingerprint density at radius 3 is 3.00 bits per heavy atom. The van der Waals surface area contributed by atoms with E-state index in [1.165, 1.54) is 6.21 Å². The van der Waals surface area contributed by atoms with Crippen LogP contribution in [0.3, 0.4) is 0 Å². The molecule has 1 heterocycles. The number of nitrogens with zero attached hydrogens (tertiary/aromatic N) is 1. The SMILES string of the molecule is ON=Cc1occ2ccccc12. The molecule has 1 aromatic carbocycles. The van der Waals surface area contributed by atoms with Gasteiger partial charge in [0.15, 0.2) is 5.76 Å². The van der Waals surface area contributed by atoms with Crippen LogP contribution in [-0.2, 0) is 0 Å². The molecule has 2 rings (SSSR count). The molecule has 0 fully saturated rings. The average Bonchev–Trinajstić information content (AvgIpc) is 2.50. The van der Waals surface area contributed by atoms with Crippen molar-refractivity contribution in [3.05, 3.63) is 36.3 Å². The molecule has 0 radical (unpaired) electrons. The van der Waals surface area contributed by atoms with Crippen molar-refractivity contribution in [2.24, 2.45) is 5.16 Å². The number of furan rings is 1. The Labute approximate surface area is 68.9 Å². The highest BCUT2D eigenvalue weighted by atomic mass is 16.4. The highest BCUT2D eigenvalue weighted by molar-refractivity contribution is 5.97. The maximum atomic E-state index is 8.31. The third kappa shape index (κ3) is 0.955. The molecule has 1 aromatic heterocycles. The number of benzene rings is 1. The quantitative estimate of drug-likeness (QED) is 0.396. The van der Waals surface area contributed by atoms with Gasteiger partial charge in [-0.2, -0.15) is 0 Å². The minimum Gasteiger partial charge on any atom is -0.462 e. The van der Waals surface area contributed by atoms with E-state index in [9.17, 15) is 0 Å². The van der Waals surface area contributed by atoms with E-state index in [0.717, 1.165) is 10.8 Å². The first-order valence-electron chi connectivity index (χ1n) is 3.55. The van der Waals surface area contributed by atoms with E-state index in [2.05, 4.69) is 5.16 Å². The Morgan fingerprint density at radius 1 is 1.33 bits per heavy atom. The van der Waals surface area contributed by atoms with Crippen molar-refractivity contribution >= 4 is 17.0 Å². The van der Waals surface area contributed by atoms with Crippen molar-refractivity contribution in [3.8, 4) is 0 Å². The van der Waals surface area contributed by atoms with Crippen LogP contribution in [0.2, 0.25) is 0 Å². The monoisotopic (exact) mass is 161 g/mol. The van der Waals surface area contributed by atoms with E-state index in [1.807, 2.05) is 24.3 Å². The van der Waals surface area contributed by atoms with Crippen LogP contribution in [0.5, 0.6) is 0 Å². The predicted octanol–water partition coefficient (Wildman–Crippen LogP) is 2.24. The van der Waals surface area contributed by atoms with Crippen molar-refractivity contribution in [3.63, 3.8) is 0 Å². The van der Waals surface area contributed by atoms with Crippen LogP contribution < -0.4 is 0 Å². The summed E-state index contributed by atoms with van der Waals surface area (Å²) in [6.45, 7) is 0. The zero-order chi connectivity index (χ0) is 8.39. The van der Waals surface area contributed by atoms with Gasteiger partial charge in [-0.1, -0.05) is 29.4 Å². The third-order valence-corrected chi connectivity index (χ3v) is 1.71. The third-order valence-electron chi connectivity index (χ3n) is 1.71. The topological polar surface area (TPSA) is 45.7 Å². The standard InChI is InChI=1S/C9H7NO2/c11-10-5-9-8-4-2-1-3-7(8)6-12-9/h1-6,11H. The molecule has 60 valence electrons. The maximum Gasteiger partial charge on any atom is 0.156 e. The van der Waals surface area contributed by atoms with Crippen LogP contribution in [0.25, 0.3) is 10.8 Å². The summed E-state index contributed by atoms with van der Waals surface area (Å²) < 4.78 is 5.15. The number of fused-ring (bicyclic) bond motifs is 1. The van der Waals surface area contributed by atoms with E-state index in [4.69, 9.17) is 9.62 Å². The van der Waals surface area contributed by atoms with Gasteiger partial charge in [0, 0.05) is 10.8 Å². The largest absolute Gasteiger partial charge is 0.462 e. The number of hydrogen-bond acceptors (Lipinski definition) is 3. The molecule has 3 nitrogen and oxygen atoms in total. The molecule has 12 heavy (non-hydrogen) atoms. The van der Waals surface area contributed by atoms with Crippen molar-refractivity contribution in [2.75, 3.05) is 0 Å². The van der Waals surface area contributed by atoms with Gasteiger partial charge in [0.1, 0.15) is 6.21 Å². The molecule has 0 aliphatic carbocycles. The van der Waals surface area contributed by atoms with Crippen molar-refractivity contribution < 1.29 is 9.62 Å². The Hall–Kier alpha value is -1.77. The normalized spacial score (nSPS) is 11.3. The van der Waals surface area contributed by atoms with Gasteiger partial charge in [-0.05, 0) is 0 Å². The lowest BCUT2D eigenvalue weighted by Crippen LogP contribution is -1.75. The lowest BCUT2D eigenvalue weighted by atomic mass is 10.2. The Balaban J connectivity index is 2.70. The first-order valence-corrected chi connectivity index (χ1v) is 3.55. The molecule has 0 amide bonds. The zero-order valence-corrected chi connectivity index (χ0v) is 6.27. The van der Waals surface area contributed by atoms with Crippen LogP contribution in [0.4, 0.5) is 0 Å². The second kappa shape index (κ2) is 2.70. The molecule has 3 heteroatoms. The molecular weight excluding hydrogens is 154 g/mol. The first-order chi connectivity index (χ1) is 5.92. The number of oxime groups is 1. The number of rotatable bonds is 1. The van der Waals surface area contributed by atoms with Gasteiger partial charge in [0.25, 0.3) is 0 Å². The second-order valence-corrected chi connectivity index (χ2v) is 2.43. The molecule has 0 saturated carbocycles. The van der Waals surface area contributed by atoms with Crippen molar-refractivity contribution in [1.29, 1.82) is 0 Å². The van der Waals surface area contributed by atoms with Gasteiger partial charge in [-0.25, -0.2) is 0 Å². The Kier molecular flexibility index (Phi) is 1.55. The fraction of sp³-hybridized carbons (Fsp3) is 0. The van der Waals surface area contributed by atoms with Crippen LogP contribution in [0, 0.1) is 0 Å². The second-order valence-electron chi connectivity index (χ2n) is 2.43. The molecule has 0 bridgehead atoms. The molecule has 0 spiro atoms. The zero-order valence-electron chi connectivity index (χ0n) is 6.27. The summed E-state index contributed by atoms with van der Waals surface area (Å²) >= 11 is 0. The molecular formula is C9H7NO2. The molecule has 0 unspecified atom stereocenters.